The number of likely N-dealkylation sites (tertiary alicyclic amines) is 1. The highest BCUT2D eigenvalue weighted by Crippen LogP contribution is 2.18. The summed E-state index contributed by atoms with van der Waals surface area (Å²) >= 11 is 0. The van der Waals surface area contributed by atoms with Crippen molar-refractivity contribution in [3.8, 4) is 6.07 Å². The van der Waals surface area contributed by atoms with Gasteiger partial charge in [0.2, 0.25) is 0 Å². The molecule has 1 unspecified atom stereocenters. The Kier molecular flexibility index (Phi) is 4.20. The van der Waals surface area contributed by atoms with Gasteiger partial charge in [-0.1, -0.05) is 12.1 Å². The number of carbonyl (C=O) groups is 2. The van der Waals surface area contributed by atoms with E-state index in [0.29, 0.717) is 25.1 Å². The molecule has 2 N–H and O–H groups in total. The second-order valence-corrected chi connectivity index (χ2v) is 4.73. The van der Waals surface area contributed by atoms with Gasteiger partial charge < -0.3 is 15.3 Å². The first-order chi connectivity index (χ1) is 9.60. The average molecular weight is 273 g/mol. The van der Waals surface area contributed by atoms with E-state index in [1.807, 2.05) is 0 Å². The average Bonchev–Trinajstić information content (AvgIpc) is 2.91. The molecular formula is C14H15N3O3. The second kappa shape index (κ2) is 6.06. The molecule has 0 aliphatic carbocycles. The molecule has 0 bridgehead atoms. The zero-order valence-corrected chi connectivity index (χ0v) is 10.9. The number of carboxylic acid groups (broad SMARTS) is 1. The fraction of sp³-hybridized carbons (Fsp3) is 0.357. The summed E-state index contributed by atoms with van der Waals surface area (Å²) in [6.07, 6.45) is 0.824. The molecule has 1 aliphatic rings. The quantitative estimate of drug-likeness (QED) is 0.876. The number of nitrogens with one attached hydrogen (secondary N) is 1. The van der Waals surface area contributed by atoms with Crippen molar-refractivity contribution in [3.63, 3.8) is 0 Å². The number of rotatable bonds is 3. The van der Waals surface area contributed by atoms with Gasteiger partial charge in [0.1, 0.15) is 0 Å². The lowest BCUT2D eigenvalue weighted by Crippen LogP contribution is -2.33. The molecule has 1 fully saturated rings. The monoisotopic (exact) mass is 273 g/mol. The van der Waals surface area contributed by atoms with E-state index in [1.165, 1.54) is 4.90 Å². The number of carboxylic acids is 1. The van der Waals surface area contributed by atoms with Gasteiger partial charge in [-0.3, -0.25) is 4.79 Å². The van der Waals surface area contributed by atoms with Gasteiger partial charge in [0, 0.05) is 18.8 Å². The van der Waals surface area contributed by atoms with E-state index in [2.05, 4.69) is 11.4 Å². The van der Waals surface area contributed by atoms with Gasteiger partial charge >= 0.3 is 12.0 Å². The molecule has 2 rings (SSSR count). The Morgan fingerprint density at radius 3 is 2.65 bits per heavy atom. The van der Waals surface area contributed by atoms with Crippen LogP contribution in [0.5, 0.6) is 0 Å². The molecule has 0 radical (unpaired) electrons. The summed E-state index contributed by atoms with van der Waals surface area (Å²) in [6.45, 7) is 0.697. The second-order valence-electron chi connectivity index (χ2n) is 4.73. The minimum Gasteiger partial charge on any atom is -0.481 e. The van der Waals surface area contributed by atoms with Gasteiger partial charge in [-0.25, -0.2) is 4.79 Å². The minimum absolute atomic E-state index is 0.244. The van der Waals surface area contributed by atoms with Crippen LogP contribution < -0.4 is 5.32 Å². The van der Waals surface area contributed by atoms with Crippen molar-refractivity contribution in [1.29, 1.82) is 5.26 Å². The van der Waals surface area contributed by atoms with Crippen LogP contribution in [0.3, 0.4) is 0 Å². The molecule has 1 aliphatic heterocycles. The molecule has 1 atom stereocenters. The zero-order valence-electron chi connectivity index (χ0n) is 10.9. The van der Waals surface area contributed by atoms with Crippen molar-refractivity contribution >= 4 is 17.7 Å². The lowest BCUT2D eigenvalue weighted by atomic mass is 10.1. The van der Waals surface area contributed by atoms with E-state index >= 15 is 0 Å². The predicted molar refractivity (Wildman–Crippen MR) is 72.1 cm³/mol. The van der Waals surface area contributed by atoms with E-state index < -0.39 is 11.9 Å². The van der Waals surface area contributed by atoms with Gasteiger partial charge in [-0.2, -0.15) is 5.26 Å². The highest BCUT2D eigenvalue weighted by Gasteiger charge is 2.30. The van der Waals surface area contributed by atoms with E-state index in [4.69, 9.17) is 10.4 Å². The molecule has 2 amide bonds. The lowest BCUT2D eigenvalue weighted by molar-refractivity contribution is -0.141. The normalized spacial score (nSPS) is 17.6. The molecule has 20 heavy (non-hydrogen) atoms. The van der Waals surface area contributed by atoms with E-state index in [1.54, 1.807) is 24.3 Å². The number of benzene rings is 1. The van der Waals surface area contributed by atoms with Crippen LogP contribution in [0, 0.1) is 17.2 Å². The number of aliphatic carboxylic acids is 1. The zero-order chi connectivity index (χ0) is 14.5. The van der Waals surface area contributed by atoms with Crippen LogP contribution in [0.1, 0.15) is 12.0 Å². The molecule has 1 saturated heterocycles. The summed E-state index contributed by atoms with van der Waals surface area (Å²) in [5.41, 5.74) is 1.52. The highest BCUT2D eigenvalue weighted by molar-refractivity contribution is 5.90. The third kappa shape index (κ3) is 3.26. The Balaban J connectivity index is 1.92. The van der Waals surface area contributed by atoms with Crippen LogP contribution in [0.25, 0.3) is 0 Å². The van der Waals surface area contributed by atoms with Crippen molar-refractivity contribution in [2.75, 3.05) is 18.4 Å². The van der Waals surface area contributed by atoms with Gasteiger partial charge in [0.15, 0.2) is 0 Å². The first-order valence-corrected chi connectivity index (χ1v) is 6.35. The number of urea groups is 1. The van der Waals surface area contributed by atoms with E-state index in [0.717, 1.165) is 5.56 Å². The predicted octanol–water partition coefficient (Wildman–Crippen LogP) is 1.69. The topological polar surface area (TPSA) is 93.4 Å². The van der Waals surface area contributed by atoms with Crippen LogP contribution in [-0.4, -0.2) is 35.1 Å². The van der Waals surface area contributed by atoms with Crippen LogP contribution in [-0.2, 0) is 11.2 Å². The smallest absolute Gasteiger partial charge is 0.321 e. The van der Waals surface area contributed by atoms with E-state index in [-0.39, 0.29) is 12.6 Å². The molecule has 6 heteroatoms. The lowest BCUT2D eigenvalue weighted by Gasteiger charge is -2.16. The SMILES string of the molecule is N#CCc1ccc(NC(=O)N2CCC(C(=O)O)C2)cc1. The fourth-order valence-electron chi connectivity index (χ4n) is 2.15. The fourth-order valence-corrected chi connectivity index (χ4v) is 2.15. The first kappa shape index (κ1) is 13.9. The summed E-state index contributed by atoms with van der Waals surface area (Å²) in [5.74, 6) is -1.33. The van der Waals surface area contributed by atoms with Crippen molar-refractivity contribution in [1.82, 2.24) is 4.90 Å². The third-order valence-corrected chi connectivity index (χ3v) is 3.31. The number of hydrogen-bond donors (Lipinski definition) is 2. The third-order valence-electron chi connectivity index (χ3n) is 3.31. The number of amides is 2. The molecule has 0 spiro atoms. The number of nitrogens with zero attached hydrogens (tertiary/aromatic N) is 2. The van der Waals surface area contributed by atoms with Gasteiger partial charge in [0.05, 0.1) is 18.4 Å². The van der Waals surface area contributed by atoms with Crippen LogP contribution in [0.4, 0.5) is 10.5 Å². The number of anilines is 1. The minimum atomic E-state index is -0.860. The Hall–Kier alpha value is -2.55. The van der Waals surface area contributed by atoms with Crippen molar-refractivity contribution in [3.05, 3.63) is 29.8 Å². The maximum absolute atomic E-state index is 12.0. The van der Waals surface area contributed by atoms with Crippen LogP contribution in [0.2, 0.25) is 0 Å². The van der Waals surface area contributed by atoms with Crippen molar-refractivity contribution < 1.29 is 14.7 Å². The first-order valence-electron chi connectivity index (χ1n) is 6.35. The Bertz CT molecular complexity index is 548. The Morgan fingerprint density at radius 2 is 2.10 bits per heavy atom. The summed E-state index contributed by atoms with van der Waals surface area (Å²) in [7, 11) is 0. The Morgan fingerprint density at radius 1 is 1.40 bits per heavy atom. The van der Waals surface area contributed by atoms with Crippen molar-refractivity contribution in [2.45, 2.75) is 12.8 Å². The van der Waals surface area contributed by atoms with Gasteiger partial charge in [0.25, 0.3) is 0 Å². The number of carbonyl (C=O) groups excluding carboxylic acids is 1. The summed E-state index contributed by atoms with van der Waals surface area (Å²) in [6, 6.07) is 8.79. The largest absolute Gasteiger partial charge is 0.481 e. The maximum atomic E-state index is 12.0. The maximum Gasteiger partial charge on any atom is 0.321 e. The number of nitriles is 1. The molecule has 6 nitrogen and oxygen atoms in total. The van der Waals surface area contributed by atoms with Gasteiger partial charge in [-0.05, 0) is 24.1 Å². The number of hydrogen-bond acceptors (Lipinski definition) is 3. The van der Waals surface area contributed by atoms with Gasteiger partial charge in [-0.15, -0.1) is 0 Å². The Labute approximate surface area is 116 Å². The van der Waals surface area contributed by atoms with Crippen LogP contribution >= 0.6 is 0 Å². The summed E-state index contributed by atoms with van der Waals surface area (Å²) < 4.78 is 0. The molecular weight excluding hydrogens is 258 g/mol. The molecule has 0 aromatic heterocycles. The van der Waals surface area contributed by atoms with E-state index in [9.17, 15) is 9.59 Å². The highest BCUT2D eigenvalue weighted by atomic mass is 16.4. The molecule has 1 aromatic rings. The molecule has 104 valence electrons. The standard InChI is InChI=1S/C14H15N3O3/c15-7-5-10-1-3-12(4-2-10)16-14(20)17-8-6-11(9-17)13(18)19/h1-4,11H,5-6,8-9H2,(H,16,20)(H,18,19). The molecule has 1 aromatic carbocycles. The van der Waals surface area contributed by atoms with Crippen LogP contribution in [0.15, 0.2) is 24.3 Å². The molecule has 0 saturated carbocycles. The summed E-state index contributed by atoms with van der Waals surface area (Å²) in [4.78, 5) is 24.3. The van der Waals surface area contributed by atoms with Crippen molar-refractivity contribution in [2.24, 2.45) is 5.92 Å². The summed E-state index contributed by atoms with van der Waals surface area (Å²) in [5, 5.41) is 20.2. The molecule has 1 heterocycles.